The molecule has 4 aromatic rings. The average molecular weight is 416 g/mol. The summed E-state index contributed by atoms with van der Waals surface area (Å²) in [6, 6.07) is 12.1. The zero-order valence-corrected chi connectivity index (χ0v) is 16.1. The van der Waals surface area contributed by atoms with E-state index in [1.807, 2.05) is 0 Å². The molecule has 0 bridgehead atoms. The number of nitrogens with one attached hydrogen (secondary N) is 1. The van der Waals surface area contributed by atoms with Gasteiger partial charge in [0.2, 0.25) is 0 Å². The summed E-state index contributed by atoms with van der Waals surface area (Å²) in [4.78, 5) is 16.9. The highest BCUT2D eigenvalue weighted by atomic mass is 32.2. The van der Waals surface area contributed by atoms with E-state index in [1.165, 1.54) is 35.1 Å². The van der Waals surface area contributed by atoms with Crippen LogP contribution in [0.15, 0.2) is 59.6 Å². The van der Waals surface area contributed by atoms with E-state index in [4.69, 9.17) is 0 Å². The molecule has 0 aliphatic heterocycles. The minimum Gasteiger partial charge on any atom is -0.296 e. The van der Waals surface area contributed by atoms with Crippen LogP contribution in [0.25, 0.3) is 15.9 Å². The molecular weight excluding hydrogens is 403 g/mol. The van der Waals surface area contributed by atoms with Crippen molar-refractivity contribution in [1.82, 2.24) is 14.8 Å². The van der Waals surface area contributed by atoms with E-state index >= 15 is 0 Å². The van der Waals surface area contributed by atoms with Gasteiger partial charge in [0, 0.05) is 12.5 Å². The highest BCUT2D eigenvalue weighted by Gasteiger charge is 2.15. The summed E-state index contributed by atoms with van der Waals surface area (Å²) in [7, 11) is -3.33. The Bertz CT molecular complexity index is 1310. The molecule has 0 saturated heterocycles. The number of hydrogen-bond donors (Lipinski definition) is 1. The summed E-state index contributed by atoms with van der Waals surface area (Å²) < 4.78 is 39.1. The number of nitrogens with zero attached hydrogens (tertiary/aromatic N) is 3. The molecule has 0 radical (unpaired) electrons. The fourth-order valence-corrected chi connectivity index (χ4v) is 4.19. The van der Waals surface area contributed by atoms with Crippen LogP contribution in [0.2, 0.25) is 0 Å². The molecule has 0 fully saturated rings. The van der Waals surface area contributed by atoms with Crippen molar-refractivity contribution in [3.8, 4) is 5.69 Å². The van der Waals surface area contributed by atoms with Gasteiger partial charge in [-0.05, 0) is 36.4 Å². The molecule has 0 aliphatic carbocycles. The summed E-state index contributed by atoms with van der Waals surface area (Å²) in [5.74, 6) is -0.956. The Hall–Kier alpha value is -3.11. The Morgan fingerprint density at radius 3 is 2.71 bits per heavy atom. The van der Waals surface area contributed by atoms with Gasteiger partial charge < -0.3 is 0 Å². The molecule has 0 unspecified atom stereocenters. The molecule has 1 amide bonds. The van der Waals surface area contributed by atoms with E-state index in [1.54, 1.807) is 24.3 Å². The van der Waals surface area contributed by atoms with Crippen molar-refractivity contribution >= 4 is 42.4 Å². The number of rotatable bonds is 4. The van der Waals surface area contributed by atoms with Gasteiger partial charge in [0.25, 0.3) is 5.91 Å². The maximum absolute atomic E-state index is 13.9. The second-order valence-electron chi connectivity index (χ2n) is 5.97. The first kappa shape index (κ1) is 18.3. The van der Waals surface area contributed by atoms with Gasteiger partial charge in [0.15, 0.2) is 20.7 Å². The maximum Gasteiger partial charge on any atom is 0.277 e. The molecule has 2 heterocycles. The van der Waals surface area contributed by atoms with E-state index in [9.17, 15) is 17.6 Å². The Labute approximate surface area is 163 Å². The van der Waals surface area contributed by atoms with Gasteiger partial charge in [-0.2, -0.15) is 5.10 Å². The SMILES string of the molecule is CS(=O)(=O)c1ccc2nc(NC(=O)c3ccn(-c4ccccc4F)n3)sc2c1. The van der Waals surface area contributed by atoms with Gasteiger partial charge >= 0.3 is 0 Å². The minimum absolute atomic E-state index is 0.0966. The van der Waals surface area contributed by atoms with E-state index < -0.39 is 21.6 Å². The van der Waals surface area contributed by atoms with Crippen LogP contribution in [0.5, 0.6) is 0 Å². The molecule has 2 aromatic heterocycles. The van der Waals surface area contributed by atoms with Crippen molar-refractivity contribution in [2.24, 2.45) is 0 Å². The van der Waals surface area contributed by atoms with Gasteiger partial charge in [-0.3, -0.25) is 10.1 Å². The highest BCUT2D eigenvalue weighted by Crippen LogP contribution is 2.28. The molecule has 0 spiro atoms. The number of amides is 1. The molecule has 0 aliphatic rings. The molecule has 0 saturated carbocycles. The third-order valence-electron chi connectivity index (χ3n) is 3.93. The summed E-state index contributed by atoms with van der Waals surface area (Å²) in [5.41, 5.74) is 0.902. The number of thiazole rings is 1. The third-order valence-corrected chi connectivity index (χ3v) is 5.97. The molecule has 2 aromatic carbocycles. The topological polar surface area (TPSA) is 94.0 Å². The summed E-state index contributed by atoms with van der Waals surface area (Å²) >= 11 is 1.15. The lowest BCUT2D eigenvalue weighted by Gasteiger charge is -2.02. The maximum atomic E-state index is 13.9. The molecule has 10 heteroatoms. The zero-order chi connectivity index (χ0) is 19.9. The fourth-order valence-electron chi connectivity index (χ4n) is 2.57. The summed E-state index contributed by atoms with van der Waals surface area (Å²) in [6.07, 6.45) is 2.62. The number of carbonyl (C=O) groups excluding carboxylic acids is 1. The number of halogens is 1. The van der Waals surface area contributed by atoms with Crippen LogP contribution < -0.4 is 5.32 Å². The highest BCUT2D eigenvalue weighted by molar-refractivity contribution is 7.90. The average Bonchev–Trinajstić information content (AvgIpc) is 3.27. The smallest absolute Gasteiger partial charge is 0.277 e. The minimum atomic E-state index is -3.33. The van der Waals surface area contributed by atoms with Crippen molar-refractivity contribution in [3.05, 3.63) is 66.2 Å². The normalized spacial score (nSPS) is 11.6. The van der Waals surface area contributed by atoms with E-state index in [2.05, 4.69) is 15.4 Å². The van der Waals surface area contributed by atoms with E-state index in [0.717, 1.165) is 17.6 Å². The van der Waals surface area contributed by atoms with Crippen LogP contribution in [0.4, 0.5) is 9.52 Å². The Morgan fingerprint density at radius 1 is 1.18 bits per heavy atom. The first-order valence-electron chi connectivity index (χ1n) is 8.04. The quantitative estimate of drug-likeness (QED) is 0.551. The van der Waals surface area contributed by atoms with Crippen molar-refractivity contribution in [3.63, 3.8) is 0 Å². The number of fused-ring (bicyclic) bond motifs is 1. The molecule has 7 nitrogen and oxygen atoms in total. The molecule has 4 rings (SSSR count). The van der Waals surface area contributed by atoms with Crippen molar-refractivity contribution in [2.45, 2.75) is 4.90 Å². The van der Waals surface area contributed by atoms with Gasteiger partial charge in [0.05, 0.1) is 15.1 Å². The van der Waals surface area contributed by atoms with E-state index in [0.29, 0.717) is 15.3 Å². The van der Waals surface area contributed by atoms with E-state index in [-0.39, 0.29) is 16.3 Å². The number of aromatic nitrogens is 3. The van der Waals surface area contributed by atoms with Gasteiger partial charge in [0.1, 0.15) is 11.5 Å². The van der Waals surface area contributed by atoms with Crippen LogP contribution >= 0.6 is 11.3 Å². The Morgan fingerprint density at radius 2 is 1.96 bits per heavy atom. The lowest BCUT2D eigenvalue weighted by molar-refractivity contribution is 0.102. The fraction of sp³-hybridized carbons (Fsp3) is 0.0556. The van der Waals surface area contributed by atoms with Crippen LogP contribution in [-0.4, -0.2) is 35.3 Å². The largest absolute Gasteiger partial charge is 0.296 e. The zero-order valence-electron chi connectivity index (χ0n) is 14.5. The Balaban J connectivity index is 1.58. The van der Waals surface area contributed by atoms with Crippen LogP contribution in [-0.2, 0) is 9.84 Å². The number of carbonyl (C=O) groups is 1. The van der Waals surface area contributed by atoms with Gasteiger partial charge in [-0.25, -0.2) is 22.5 Å². The second-order valence-corrected chi connectivity index (χ2v) is 9.02. The number of benzene rings is 2. The summed E-state index contributed by atoms with van der Waals surface area (Å²) in [6.45, 7) is 0. The van der Waals surface area contributed by atoms with Crippen molar-refractivity contribution < 1.29 is 17.6 Å². The first-order chi connectivity index (χ1) is 13.3. The van der Waals surface area contributed by atoms with Crippen molar-refractivity contribution in [2.75, 3.05) is 11.6 Å². The first-order valence-corrected chi connectivity index (χ1v) is 10.7. The van der Waals surface area contributed by atoms with Crippen LogP contribution in [0.3, 0.4) is 0 Å². The van der Waals surface area contributed by atoms with Gasteiger partial charge in [-0.1, -0.05) is 23.5 Å². The third kappa shape index (κ3) is 3.51. The number of para-hydroxylation sites is 1. The molecular formula is C18H13FN4O3S2. The Kier molecular flexibility index (Phi) is 4.44. The predicted octanol–water partition coefficient (Wildman–Crippen LogP) is 3.28. The van der Waals surface area contributed by atoms with Crippen molar-refractivity contribution in [1.29, 1.82) is 0 Å². The number of hydrogen-bond acceptors (Lipinski definition) is 6. The molecule has 28 heavy (non-hydrogen) atoms. The standard InChI is InChI=1S/C18H13FN4O3S2/c1-28(25,26)11-6-7-13-16(10-11)27-18(20-13)21-17(24)14-8-9-23(22-14)15-5-3-2-4-12(15)19/h2-10H,1H3,(H,20,21,24). The molecule has 0 atom stereocenters. The number of sulfone groups is 1. The van der Waals surface area contributed by atoms with Crippen LogP contribution in [0, 0.1) is 5.82 Å². The number of anilines is 1. The van der Waals surface area contributed by atoms with Crippen LogP contribution in [0.1, 0.15) is 10.5 Å². The lowest BCUT2D eigenvalue weighted by Crippen LogP contribution is -2.13. The lowest BCUT2D eigenvalue weighted by atomic mass is 10.3. The summed E-state index contributed by atoms with van der Waals surface area (Å²) in [5, 5.41) is 7.05. The second kappa shape index (κ2) is 6.80. The molecule has 1 N–H and O–H groups in total. The molecule has 142 valence electrons. The predicted molar refractivity (Wildman–Crippen MR) is 104 cm³/mol. The van der Waals surface area contributed by atoms with Gasteiger partial charge in [-0.15, -0.1) is 0 Å². The monoisotopic (exact) mass is 416 g/mol.